The number of carbonyl (C=O) groups excluding carboxylic acids is 1. The lowest BCUT2D eigenvalue weighted by Gasteiger charge is -2.28. The van der Waals surface area contributed by atoms with Crippen molar-refractivity contribution in [3.8, 4) is 5.75 Å². The van der Waals surface area contributed by atoms with Gasteiger partial charge >= 0.3 is 0 Å². The highest BCUT2D eigenvalue weighted by Crippen LogP contribution is 2.25. The minimum atomic E-state index is -0.628. The number of carbonyl (C=O) groups is 1. The summed E-state index contributed by atoms with van der Waals surface area (Å²) in [5.74, 6) is -0.900. The zero-order chi connectivity index (χ0) is 16.6. The van der Waals surface area contributed by atoms with E-state index in [4.69, 9.17) is 4.74 Å². The third-order valence-corrected chi connectivity index (χ3v) is 3.98. The van der Waals surface area contributed by atoms with Crippen molar-refractivity contribution in [2.24, 2.45) is 7.05 Å². The molecule has 1 aliphatic heterocycles. The van der Waals surface area contributed by atoms with Crippen LogP contribution in [0.25, 0.3) is 0 Å². The average molecular weight is 317 g/mol. The first kappa shape index (κ1) is 15.2. The number of aryl methyl sites for hydroxylation is 1. The quantitative estimate of drug-likeness (QED) is 0.833. The number of hydrogen-bond donors (Lipinski definition) is 0. The predicted octanol–water partition coefficient (Wildman–Crippen LogP) is 1.13. The highest BCUT2D eigenvalue weighted by atomic mass is 19.1. The lowest BCUT2D eigenvalue weighted by molar-refractivity contribution is 0.0722. The fourth-order valence-electron chi connectivity index (χ4n) is 2.73. The second-order valence-corrected chi connectivity index (χ2v) is 5.38. The Balaban J connectivity index is 1.94. The molecule has 2 aromatic rings. The molecule has 1 aromatic heterocycles. The van der Waals surface area contributed by atoms with Crippen LogP contribution in [0.1, 0.15) is 21.6 Å². The molecule has 3 rings (SSSR count). The van der Waals surface area contributed by atoms with E-state index in [1.165, 1.54) is 35.0 Å². The Hall–Kier alpha value is -2.70. The van der Waals surface area contributed by atoms with Crippen LogP contribution in [0.2, 0.25) is 0 Å². The summed E-state index contributed by atoms with van der Waals surface area (Å²) < 4.78 is 20.6. The molecule has 0 bridgehead atoms. The maximum Gasteiger partial charge on any atom is 0.260 e. The fourth-order valence-corrected chi connectivity index (χ4v) is 2.73. The molecule has 6 nitrogen and oxygen atoms in total. The molecule has 2 heterocycles. The van der Waals surface area contributed by atoms with Crippen molar-refractivity contribution in [1.29, 1.82) is 0 Å². The summed E-state index contributed by atoms with van der Waals surface area (Å²) in [4.78, 5) is 30.4. The zero-order valence-corrected chi connectivity index (χ0v) is 12.9. The molecule has 0 aliphatic carbocycles. The second kappa shape index (κ2) is 5.83. The molecular weight excluding hydrogens is 301 g/mol. The normalized spacial score (nSPS) is 13.6. The van der Waals surface area contributed by atoms with E-state index in [1.807, 2.05) is 0 Å². The summed E-state index contributed by atoms with van der Waals surface area (Å²) in [6.07, 6.45) is 1.83. The number of rotatable bonds is 2. The van der Waals surface area contributed by atoms with Gasteiger partial charge in [-0.15, -0.1) is 0 Å². The molecular formula is C16H16FN3O3. The summed E-state index contributed by atoms with van der Waals surface area (Å²) >= 11 is 0. The number of nitrogens with zero attached hydrogens (tertiary/aromatic N) is 3. The smallest absolute Gasteiger partial charge is 0.260 e. The lowest BCUT2D eigenvalue weighted by Crippen LogP contribution is -2.40. The van der Waals surface area contributed by atoms with E-state index < -0.39 is 11.7 Å². The van der Waals surface area contributed by atoms with E-state index in [0.717, 1.165) is 0 Å². The van der Waals surface area contributed by atoms with E-state index in [2.05, 4.69) is 4.98 Å². The average Bonchev–Trinajstić information content (AvgIpc) is 2.57. The molecule has 1 aliphatic rings. The van der Waals surface area contributed by atoms with Gasteiger partial charge in [-0.05, 0) is 18.6 Å². The lowest BCUT2D eigenvalue weighted by atomic mass is 10.0. The number of hydrogen-bond acceptors (Lipinski definition) is 4. The Bertz CT molecular complexity index is 832. The number of aromatic nitrogens is 2. The van der Waals surface area contributed by atoms with Gasteiger partial charge in [0.2, 0.25) is 0 Å². The van der Waals surface area contributed by atoms with Crippen molar-refractivity contribution in [2.45, 2.75) is 13.0 Å². The SMILES string of the molecule is COc1cccc(F)c1C(=O)N1CCc2c(ncn(C)c2=O)C1. The number of methoxy groups -OCH3 is 1. The number of fused-ring (bicyclic) bond motifs is 1. The van der Waals surface area contributed by atoms with E-state index in [9.17, 15) is 14.0 Å². The molecule has 0 fully saturated rings. The van der Waals surface area contributed by atoms with Gasteiger partial charge in [-0.25, -0.2) is 9.37 Å². The van der Waals surface area contributed by atoms with Crippen molar-refractivity contribution >= 4 is 5.91 Å². The van der Waals surface area contributed by atoms with Gasteiger partial charge in [-0.2, -0.15) is 0 Å². The van der Waals surface area contributed by atoms with Crippen LogP contribution in [0.15, 0.2) is 29.3 Å². The predicted molar refractivity (Wildman–Crippen MR) is 80.9 cm³/mol. The number of halogens is 1. The van der Waals surface area contributed by atoms with Gasteiger partial charge in [0, 0.05) is 19.2 Å². The minimum Gasteiger partial charge on any atom is -0.496 e. The summed E-state index contributed by atoms with van der Waals surface area (Å²) in [6, 6.07) is 4.26. The van der Waals surface area contributed by atoms with Gasteiger partial charge in [0.05, 0.1) is 25.7 Å². The Morgan fingerprint density at radius 3 is 2.91 bits per heavy atom. The Kier molecular flexibility index (Phi) is 3.85. The molecule has 0 atom stereocenters. The Morgan fingerprint density at radius 2 is 2.17 bits per heavy atom. The third kappa shape index (κ3) is 2.58. The first-order chi connectivity index (χ1) is 11.0. The van der Waals surface area contributed by atoms with Crippen LogP contribution in [0.4, 0.5) is 4.39 Å². The van der Waals surface area contributed by atoms with Crippen LogP contribution in [-0.2, 0) is 20.0 Å². The maximum absolute atomic E-state index is 14.1. The highest BCUT2D eigenvalue weighted by Gasteiger charge is 2.28. The highest BCUT2D eigenvalue weighted by molar-refractivity contribution is 5.97. The summed E-state index contributed by atoms with van der Waals surface area (Å²) in [5.41, 5.74) is 0.968. The van der Waals surface area contributed by atoms with Gasteiger partial charge in [-0.3, -0.25) is 9.59 Å². The van der Waals surface area contributed by atoms with Crippen molar-refractivity contribution in [3.63, 3.8) is 0 Å². The van der Waals surface area contributed by atoms with Gasteiger partial charge < -0.3 is 14.2 Å². The molecule has 1 aromatic carbocycles. The standard InChI is InChI=1S/C16H16FN3O3/c1-19-9-18-12-8-20(7-6-10(12)15(19)21)16(22)14-11(17)4-3-5-13(14)23-2/h3-5,9H,6-8H2,1-2H3. The Morgan fingerprint density at radius 1 is 1.39 bits per heavy atom. The molecule has 0 saturated carbocycles. The molecule has 120 valence electrons. The first-order valence-corrected chi connectivity index (χ1v) is 7.18. The molecule has 0 spiro atoms. The van der Waals surface area contributed by atoms with Crippen molar-refractivity contribution < 1.29 is 13.9 Å². The van der Waals surface area contributed by atoms with Gasteiger partial charge in [0.25, 0.3) is 11.5 Å². The van der Waals surface area contributed by atoms with Crippen molar-refractivity contribution in [3.05, 3.63) is 57.5 Å². The van der Waals surface area contributed by atoms with Crippen LogP contribution in [-0.4, -0.2) is 34.0 Å². The molecule has 0 saturated heterocycles. The molecule has 0 unspecified atom stereocenters. The summed E-state index contributed by atoms with van der Waals surface area (Å²) in [6.45, 7) is 0.520. The van der Waals surface area contributed by atoms with Gasteiger partial charge in [0.1, 0.15) is 17.1 Å². The first-order valence-electron chi connectivity index (χ1n) is 7.18. The zero-order valence-electron chi connectivity index (χ0n) is 12.9. The van der Waals surface area contributed by atoms with E-state index in [1.54, 1.807) is 13.1 Å². The number of benzene rings is 1. The largest absolute Gasteiger partial charge is 0.496 e. The minimum absolute atomic E-state index is 0.0951. The van der Waals surface area contributed by atoms with Crippen LogP contribution in [0, 0.1) is 5.82 Å². The van der Waals surface area contributed by atoms with Crippen LogP contribution in [0.5, 0.6) is 5.75 Å². The summed E-state index contributed by atoms with van der Waals surface area (Å²) in [7, 11) is 3.03. The van der Waals surface area contributed by atoms with Gasteiger partial charge in [0.15, 0.2) is 0 Å². The number of amides is 1. The summed E-state index contributed by atoms with van der Waals surface area (Å²) in [5, 5.41) is 0. The second-order valence-electron chi connectivity index (χ2n) is 5.38. The fraction of sp³-hybridized carbons (Fsp3) is 0.312. The van der Waals surface area contributed by atoms with E-state index in [-0.39, 0.29) is 23.4 Å². The van der Waals surface area contributed by atoms with Crippen LogP contribution < -0.4 is 10.3 Å². The topological polar surface area (TPSA) is 64.4 Å². The van der Waals surface area contributed by atoms with Crippen LogP contribution in [0.3, 0.4) is 0 Å². The molecule has 1 amide bonds. The maximum atomic E-state index is 14.1. The molecule has 7 heteroatoms. The van der Waals surface area contributed by atoms with E-state index in [0.29, 0.717) is 24.2 Å². The molecule has 0 N–H and O–H groups in total. The monoisotopic (exact) mass is 317 g/mol. The van der Waals surface area contributed by atoms with Crippen molar-refractivity contribution in [2.75, 3.05) is 13.7 Å². The number of ether oxygens (including phenoxy) is 1. The van der Waals surface area contributed by atoms with Crippen LogP contribution >= 0.6 is 0 Å². The van der Waals surface area contributed by atoms with Gasteiger partial charge in [-0.1, -0.05) is 6.07 Å². The molecule has 23 heavy (non-hydrogen) atoms. The third-order valence-electron chi connectivity index (χ3n) is 3.98. The molecule has 0 radical (unpaired) electrons. The Labute approximate surface area is 132 Å². The van der Waals surface area contributed by atoms with E-state index >= 15 is 0 Å². The van der Waals surface area contributed by atoms with Crippen molar-refractivity contribution in [1.82, 2.24) is 14.5 Å².